The highest BCUT2D eigenvalue weighted by Crippen LogP contribution is 2.76. The summed E-state index contributed by atoms with van der Waals surface area (Å²) in [6, 6.07) is 20.7. The van der Waals surface area contributed by atoms with Gasteiger partial charge in [0.05, 0.1) is 17.8 Å². The van der Waals surface area contributed by atoms with Crippen molar-refractivity contribution in [1.82, 2.24) is 4.90 Å². The van der Waals surface area contributed by atoms with Crippen LogP contribution in [-0.2, 0) is 12.2 Å². The van der Waals surface area contributed by atoms with Crippen LogP contribution in [0, 0.1) is 58.2 Å². The van der Waals surface area contributed by atoms with Crippen LogP contribution in [0.2, 0.25) is 0 Å². The van der Waals surface area contributed by atoms with Gasteiger partial charge in [0.1, 0.15) is 0 Å². The zero-order valence-electron chi connectivity index (χ0n) is 32.2. The molecule has 53 heavy (non-hydrogen) atoms. The van der Waals surface area contributed by atoms with E-state index in [4.69, 9.17) is 0 Å². The standard InChI is InChI=1S/C47H65NO3S2/c1-45(51)39-16-17-40-37(24-43-46-19-7-20-47(40,43)25-42(50)41(46)23-35(49)18-21-46)38(39)27-48-26-31-13-15-32(14-12-30-8-3-2-4-9-30)36-11-6-5-10-33(36)28-52-53-29-34(22-31)44(45)48/h2-6,8-11,31-32,34-35,37-44,49-51H,7,12-29H2,1H3/t31-,32-,34-,35-,37+,38-,39+,40-,41+,42-,43-,44-,45+,46+,47+/m0/s1. The molecule has 2 aromatic rings. The first-order chi connectivity index (χ1) is 25.8. The van der Waals surface area contributed by atoms with Gasteiger partial charge in [-0.2, -0.15) is 0 Å². The van der Waals surface area contributed by atoms with Gasteiger partial charge in [-0.05, 0) is 178 Å². The normalized spacial score (nSPS) is 48.0. The van der Waals surface area contributed by atoms with Crippen molar-refractivity contribution in [1.29, 1.82) is 0 Å². The molecule has 4 nitrogen and oxygen atoms in total. The second-order valence-corrected chi connectivity index (χ2v) is 22.6. The Morgan fingerprint density at radius 2 is 1.58 bits per heavy atom. The topological polar surface area (TPSA) is 63.9 Å². The van der Waals surface area contributed by atoms with Crippen molar-refractivity contribution in [3.8, 4) is 0 Å². The molecule has 1 spiro atoms. The van der Waals surface area contributed by atoms with Gasteiger partial charge < -0.3 is 15.3 Å². The van der Waals surface area contributed by atoms with Gasteiger partial charge in [0.25, 0.3) is 0 Å². The van der Waals surface area contributed by atoms with E-state index in [1.54, 1.807) is 5.56 Å². The third kappa shape index (κ3) is 5.98. The van der Waals surface area contributed by atoms with E-state index in [0.29, 0.717) is 47.3 Å². The molecule has 0 aromatic heterocycles. The average Bonchev–Trinajstić information content (AvgIpc) is 3.50. The van der Waals surface area contributed by atoms with Crippen molar-refractivity contribution in [2.45, 2.75) is 139 Å². The predicted octanol–water partition coefficient (Wildman–Crippen LogP) is 9.51. The number of benzene rings is 2. The predicted molar refractivity (Wildman–Crippen MR) is 219 cm³/mol. The number of piperidine rings is 2. The maximum Gasteiger partial charge on any atom is 0.0808 e. The third-order valence-electron chi connectivity index (χ3n) is 17.9. The van der Waals surface area contributed by atoms with Crippen molar-refractivity contribution in [2.75, 3.05) is 18.8 Å². The number of hydrogen-bond acceptors (Lipinski definition) is 6. The summed E-state index contributed by atoms with van der Waals surface area (Å²) >= 11 is 0. The lowest BCUT2D eigenvalue weighted by Crippen LogP contribution is -2.70. The van der Waals surface area contributed by atoms with Gasteiger partial charge in [0.2, 0.25) is 0 Å². The molecule has 3 heterocycles. The second-order valence-electron chi connectivity index (χ2n) is 20.1. The lowest BCUT2D eigenvalue weighted by molar-refractivity contribution is -0.208. The zero-order valence-corrected chi connectivity index (χ0v) is 33.8. The molecule has 288 valence electrons. The molecule has 6 heteroatoms. The summed E-state index contributed by atoms with van der Waals surface area (Å²) in [7, 11) is 4.14. The van der Waals surface area contributed by atoms with Crippen molar-refractivity contribution >= 4 is 21.6 Å². The Balaban J connectivity index is 0.924. The van der Waals surface area contributed by atoms with Gasteiger partial charge in [0, 0.05) is 30.6 Å². The van der Waals surface area contributed by atoms with Gasteiger partial charge >= 0.3 is 0 Å². The summed E-state index contributed by atoms with van der Waals surface area (Å²) < 4.78 is 0. The van der Waals surface area contributed by atoms with Crippen molar-refractivity contribution < 1.29 is 15.3 Å². The van der Waals surface area contributed by atoms with Crippen LogP contribution in [0.1, 0.15) is 119 Å². The quantitative estimate of drug-likeness (QED) is 0.272. The molecule has 8 aliphatic rings. The number of aliphatic hydroxyl groups excluding tert-OH is 2. The molecule has 3 N–H and O–H groups in total. The molecule has 2 saturated heterocycles. The van der Waals surface area contributed by atoms with Gasteiger partial charge in [-0.1, -0.05) is 82.6 Å². The van der Waals surface area contributed by atoms with E-state index in [1.165, 1.54) is 81.9 Å². The number of rotatable bonds is 3. The minimum absolute atomic E-state index is 0.229. The smallest absolute Gasteiger partial charge is 0.0808 e. The van der Waals surface area contributed by atoms with Gasteiger partial charge in [0.15, 0.2) is 0 Å². The first-order valence-electron chi connectivity index (χ1n) is 22.0. The van der Waals surface area contributed by atoms with E-state index in [-0.39, 0.29) is 35.0 Å². The molecule has 4 bridgehead atoms. The Bertz CT molecular complexity index is 1620. The van der Waals surface area contributed by atoms with Crippen molar-refractivity contribution in [3.05, 3.63) is 71.3 Å². The maximum atomic E-state index is 13.0. The lowest BCUT2D eigenvalue weighted by atomic mass is 9.40. The molecule has 0 radical (unpaired) electrons. The maximum absolute atomic E-state index is 13.0. The van der Waals surface area contributed by atoms with Gasteiger partial charge in [-0.25, -0.2) is 0 Å². The number of nitrogens with zero attached hydrogens (tertiary/aromatic N) is 1. The summed E-state index contributed by atoms with van der Waals surface area (Å²) in [4.78, 5) is 2.88. The molecular formula is C47H65NO3S2. The van der Waals surface area contributed by atoms with Crippen LogP contribution in [0.25, 0.3) is 0 Å². The van der Waals surface area contributed by atoms with Crippen LogP contribution in [0.5, 0.6) is 0 Å². The SMILES string of the molecule is C[C@@]1(O)[C@@H]2CC[C@H]3[C@H](C[C@H]4[C@@]56CCC[C@]43C[C@H](O)[C@H]5C[C@@H](O)CC6)[C@@H]2CN2C[C@H]3CC[C@H](CCc4ccccc4)c4ccccc4CSSC[C@H](C3)[C@H]21. The largest absolute Gasteiger partial charge is 0.393 e. The van der Waals surface area contributed by atoms with E-state index in [2.05, 4.69) is 88.0 Å². The summed E-state index contributed by atoms with van der Waals surface area (Å²) in [6.07, 6.45) is 17.2. The second kappa shape index (κ2) is 14.1. The fraction of sp³-hybridized carbons (Fsp3) is 0.745. The van der Waals surface area contributed by atoms with E-state index >= 15 is 0 Å². The Hall–Kier alpha value is -1.02. The molecule has 2 aromatic carbocycles. The molecule has 5 saturated carbocycles. The van der Waals surface area contributed by atoms with Crippen molar-refractivity contribution in [2.24, 2.45) is 58.2 Å². The van der Waals surface area contributed by atoms with Crippen LogP contribution in [0.15, 0.2) is 54.6 Å². The molecule has 5 aliphatic carbocycles. The first-order valence-corrected chi connectivity index (χ1v) is 24.4. The van der Waals surface area contributed by atoms with E-state index < -0.39 is 5.60 Å². The summed E-state index contributed by atoms with van der Waals surface area (Å²) in [6.45, 7) is 4.61. The van der Waals surface area contributed by atoms with Crippen LogP contribution < -0.4 is 0 Å². The lowest BCUT2D eigenvalue weighted by Gasteiger charge is -2.65. The van der Waals surface area contributed by atoms with Crippen LogP contribution in [-0.4, -0.2) is 62.9 Å². The fourth-order valence-electron chi connectivity index (χ4n) is 16.2. The molecule has 10 rings (SSSR count). The summed E-state index contributed by atoms with van der Waals surface area (Å²) in [5.41, 5.74) is 4.44. The molecule has 0 amide bonds. The van der Waals surface area contributed by atoms with Crippen LogP contribution >= 0.6 is 21.6 Å². The third-order valence-corrected chi connectivity index (χ3v) is 20.4. The molecule has 0 unspecified atom stereocenters. The number of aryl methyl sites for hydroxylation is 1. The van der Waals surface area contributed by atoms with Crippen LogP contribution in [0.3, 0.4) is 0 Å². The fourth-order valence-corrected chi connectivity index (χ4v) is 18.7. The van der Waals surface area contributed by atoms with Crippen LogP contribution in [0.4, 0.5) is 0 Å². The molecule has 3 aliphatic heterocycles. The number of aliphatic hydroxyl groups is 3. The van der Waals surface area contributed by atoms with E-state index in [1.807, 2.05) is 0 Å². The monoisotopic (exact) mass is 755 g/mol. The molecule has 15 atom stereocenters. The minimum atomic E-state index is -0.660. The summed E-state index contributed by atoms with van der Waals surface area (Å²) in [5.74, 6) is 7.32. The average molecular weight is 756 g/mol. The number of fused-ring (bicyclic) bond motifs is 8. The van der Waals surface area contributed by atoms with E-state index in [0.717, 1.165) is 50.2 Å². The molecule has 7 fully saturated rings. The summed E-state index contributed by atoms with van der Waals surface area (Å²) in [5, 5.41) is 35.6. The Labute approximate surface area is 327 Å². The van der Waals surface area contributed by atoms with E-state index in [9.17, 15) is 15.3 Å². The molecular weight excluding hydrogens is 691 g/mol. The number of hydrogen-bond donors (Lipinski definition) is 3. The Morgan fingerprint density at radius 1 is 0.774 bits per heavy atom. The highest BCUT2D eigenvalue weighted by molar-refractivity contribution is 8.76. The highest BCUT2D eigenvalue weighted by atomic mass is 33.1. The Morgan fingerprint density at radius 3 is 2.47 bits per heavy atom. The highest BCUT2D eigenvalue weighted by Gasteiger charge is 2.72. The van der Waals surface area contributed by atoms with Crippen molar-refractivity contribution in [3.63, 3.8) is 0 Å². The zero-order chi connectivity index (χ0) is 36.0. The Kier molecular flexibility index (Phi) is 9.68. The first kappa shape index (κ1) is 36.3. The van der Waals surface area contributed by atoms with Gasteiger partial charge in [-0.15, -0.1) is 0 Å². The minimum Gasteiger partial charge on any atom is -0.393 e. The van der Waals surface area contributed by atoms with Gasteiger partial charge in [-0.3, -0.25) is 4.90 Å².